The molecule has 1 saturated heterocycles. The van der Waals surface area contributed by atoms with Crippen LogP contribution in [0.2, 0.25) is 0 Å². The highest BCUT2D eigenvalue weighted by Gasteiger charge is 2.16. The third-order valence-corrected chi connectivity index (χ3v) is 4.67. The zero-order valence-electron chi connectivity index (χ0n) is 16.4. The molecule has 1 amide bonds. The summed E-state index contributed by atoms with van der Waals surface area (Å²) in [5.41, 5.74) is 2.63. The van der Waals surface area contributed by atoms with E-state index in [4.69, 9.17) is 9.47 Å². The van der Waals surface area contributed by atoms with Gasteiger partial charge in [0, 0.05) is 17.9 Å². The summed E-state index contributed by atoms with van der Waals surface area (Å²) < 4.78 is 10.8. The van der Waals surface area contributed by atoms with Crippen molar-refractivity contribution in [2.75, 3.05) is 25.6 Å². The van der Waals surface area contributed by atoms with Crippen LogP contribution in [0, 0.1) is 0 Å². The molecular weight excluding hydrogens is 354 g/mol. The van der Waals surface area contributed by atoms with Crippen LogP contribution >= 0.6 is 0 Å². The Labute approximate surface area is 166 Å². The maximum Gasteiger partial charge on any atom is 0.258 e. The van der Waals surface area contributed by atoms with E-state index in [1.54, 1.807) is 31.4 Å². The fourth-order valence-corrected chi connectivity index (χ4v) is 3.00. The fourth-order valence-electron chi connectivity index (χ4n) is 3.00. The Morgan fingerprint density at radius 2 is 2.07 bits per heavy atom. The van der Waals surface area contributed by atoms with Crippen LogP contribution < -0.4 is 15.4 Å². The molecule has 0 aromatic heterocycles. The number of amides is 1. The van der Waals surface area contributed by atoms with E-state index in [-0.39, 0.29) is 12.0 Å². The summed E-state index contributed by atoms with van der Waals surface area (Å²) in [5, 5.41) is 6.09. The summed E-state index contributed by atoms with van der Waals surface area (Å²) >= 11 is 0. The Hall–Kier alpha value is -2.86. The van der Waals surface area contributed by atoms with Crippen LogP contribution in [0.4, 0.5) is 5.69 Å². The third kappa shape index (κ3) is 5.57. The Bertz CT molecular complexity index is 812. The molecule has 2 aromatic carbocycles. The number of carbonyl (C=O) groups excluding carboxylic acids is 1. The van der Waals surface area contributed by atoms with Gasteiger partial charge < -0.3 is 14.8 Å². The summed E-state index contributed by atoms with van der Waals surface area (Å²) in [6.45, 7) is 3.40. The highest BCUT2D eigenvalue weighted by molar-refractivity contribution is 6.10. The topological polar surface area (TPSA) is 72.0 Å². The minimum absolute atomic E-state index is 0.105. The van der Waals surface area contributed by atoms with E-state index in [1.807, 2.05) is 12.1 Å². The Morgan fingerprint density at radius 1 is 1.25 bits per heavy atom. The largest absolute Gasteiger partial charge is 0.497 e. The van der Waals surface area contributed by atoms with Crippen LogP contribution in [0.25, 0.3) is 0 Å². The van der Waals surface area contributed by atoms with E-state index in [2.05, 4.69) is 34.7 Å². The number of rotatable bonds is 6. The monoisotopic (exact) mass is 381 g/mol. The Balaban J connectivity index is 1.73. The Morgan fingerprint density at radius 3 is 2.75 bits per heavy atom. The highest BCUT2D eigenvalue weighted by atomic mass is 16.5. The van der Waals surface area contributed by atoms with Crippen molar-refractivity contribution >= 4 is 17.6 Å². The average molecular weight is 381 g/mol. The number of benzene rings is 2. The van der Waals surface area contributed by atoms with Gasteiger partial charge in [-0.3, -0.25) is 10.1 Å². The molecule has 2 aromatic rings. The number of aliphatic imine (C=N–C) groups is 1. The van der Waals surface area contributed by atoms with Crippen molar-refractivity contribution < 1.29 is 14.3 Å². The smallest absolute Gasteiger partial charge is 0.258 e. The lowest BCUT2D eigenvalue weighted by atomic mass is 10.1. The minimum atomic E-state index is -0.248. The van der Waals surface area contributed by atoms with Crippen LogP contribution in [0.3, 0.4) is 0 Å². The van der Waals surface area contributed by atoms with Crippen LogP contribution in [-0.4, -0.2) is 38.2 Å². The molecule has 3 rings (SSSR count). The van der Waals surface area contributed by atoms with E-state index in [0.717, 1.165) is 31.6 Å². The standard InChI is InChI=1S/C22H27N3O3/c1-3-16-9-11-18(12-10-16)24-22(23-15-20-8-5-13-28-20)25-21(26)17-6-4-7-19(14-17)27-2/h4,6-7,9-12,14,20H,3,5,8,13,15H2,1-2H3,(H2,23,24,25,26)/t20-/m0/s1. The molecule has 1 atom stereocenters. The number of ether oxygens (including phenoxy) is 2. The lowest BCUT2D eigenvalue weighted by Crippen LogP contribution is -2.36. The van der Waals surface area contributed by atoms with Gasteiger partial charge in [0.25, 0.3) is 5.91 Å². The van der Waals surface area contributed by atoms with Crippen LogP contribution in [0.5, 0.6) is 5.75 Å². The van der Waals surface area contributed by atoms with E-state index >= 15 is 0 Å². The van der Waals surface area contributed by atoms with Crippen LogP contribution in [0.15, 0.2) is 53.5 Å². The van der Waals surface area contributed by atoms with Gasteiger partial charge in [-0.15, -0.1) is 0 Å². The van der Waals surface area contributed by atoms with E-state index in [9.17, 15) is 4.79 Å². The summed E-state index contributed by atoms with van der Waals surface area (Å²) in [7, 11) is 1.58. The van der Waals surface area contributed by atoms with Crippen molar-refractivity contribution in [2.24, 2.45) is 4.99 Å². The van der Waals surface area contributed by atoms with Crippen LogP contribution in [-0.2, 0) is 11.2 Å². The minimum Gasteiger partial charge on any atom is -0.497 e. The molecule has 0 unspecified atom stereocenters. The molecule has 1 fully saturated rings. The average Bonchev–Trinajstić information content (AvgIpc) is 3.26. The third-order valence-electron chi connectivity index (χ3n) is 4.67. The molecule has 1 heterocycles. The summed E-state index contributed by atoms with van der Waals surface area (Å²) in [6, 6.07) is 15.1. The SMILES string of the molecule is CCc1ccc(NC(=NC[C@@H]2CCCO2)NC(=O)c2cccc(OC)c2)cc1. The zero-order valence-corrected chi connectivity index (χ0v) is 16.4. The van der Waals surface area contributed by atoms with E-state index in [1.165, 1.54) is 5.56 Å². The number of aryl methyl sites for hydroxylation is 1. The molecule has 0 radical (unpaired) electrons. The summed E-state index contributed by atoms with van der Waals surface area (Å²) in [6.07, 6.45) is 3.13. The number of methoxy groups -OCH3 is 1. The Kier molecular flexibility index (Phi) is 7.03. The van der Waals surface area contributed by atoms with Gasteiger partial charge >= 0.3 is 0 Å². The molecule has 0 aliphatic carbocycles. The fraction of sp³-hybridized carbons (Fsp3) is 0.364. The number of carbonyl (C=O) groups is 1. The maximum atomic E-state index is 12.7. The molecule has 1 aliphatic heterocycles. The summed E-state index contributed by atoms with van der Waals surface area (Å²) in [5.74, 6) is 0.795. The van der Waals surface area contributed by atoms with Gasteiger partial charge in [-0.05, 0) is 55.2 Å². The first-order valence-corrected chi connectivity index (χ1v) is 9.65. The highest BCUT2D eigenvalue weighted by Crippen LogP contribution is 2.14. The predicted octanol–water partition coefficient (Wildman–Crippen LogP) is 3.63. The molecule has 2 N–H and O–H groups in total. The first-order valence-electron chi connectivity index (χ1n) is 9.65. The number of hydrogen-bond donors (Lipinski definition) is 2. The molecule has 1 aliphatic rings. The first kappa shape index (κ1) is 19.9. The first-order chi connectivity index (χ1) is 13.7. The second-order valence-electron chi connectivity index (χ2n) is 6.69. The molecule has 0 saturated carbocycles. The molecule has 6 heteroatoms. The molecule has 148 valence electrons. The number of nitrogens with one attached hydrogen (secondary N) is 2. The molecular formula is C22H27N3O3. The van der Waals surface area contributed by atoms with Crippen molar-refractivity contribution in [3.63, 3.8) is 0 Å². The number of guanidine groups is 1. The van der Waals surface area contributed by atoms with Gasteiger partial charge in [0.2, 0.25) is 5.96 Å². The number of nitrogens with zero attached hydrogens (tertiary/aromatic N) is 1. The molecule has 28 heavy (non-hydrogen) atoms. The second kappa shape index (κ2) is 9.90. The van der Waals surface area contributed by atoms with Gasteiger partial charge in [-0.1, -0.05) is 25.1 Å². The van der Waals surface area contributed by atoms with Crippen molar-refractivity contribution in [3.8, 4) is 5.75 Å². The van der Waals surface area contributed by atoms with Crippen molar-refractivity contribution in [2.45, 2.75) is 32.3 Å². The second-order valence-corrected chi connectivity index (χ2v) is 6.69. The lowest BCUT2D eigenvalue weighted by Gasteiger charge is -2.14. The van der Waals surface area contributed by atoms with Gasteiger partial charge in [-0.25, -0.2) is 4.99 Å². The molecule has 0 spiro atoms. The van der Waals surface area contributed by atoms with Crippen LogP contribution in [0.1, 0.15) is 35.7 Å². The van der Waals surface area contributed by atoms with Gasteiger partial charge in [0.05, 0.1) is 19.8 Å². The van der Waals surface area contributed by atoms with Gasteiger partial charge in [0.1, 0.15) is 5.75 Å². The van der Waals surface area contributed by atoms with Crippen molar-refractivity contribution in [3.05, 3.63) is 59.7 Å². The van der Waals surface area contributed by atoms with Gasteiger partial charge in [-0.2, -0.15) is 0 Å². The molecule has 6 nitrogen and oxygen atoms in total. The van der Waals surface area contributed by atoms with E-state index in [0.29, 0.717) is 23.8 Å². The normalized spacial score (nSPS) is 16.6. The van der Waals surface area contributed by atoms with E-state index < -0.39 is 0 Å². The maximum absolute atomic E-state index is 12.7. The number of anilines is 1. The van der Waals surface area contributed by atoms with Crippen molar-refractivity contribution in [1.29, 1.82) is 0 Å². The zero-order chi connectivity index (χ0) is 19.8. The molecule has 0 bridgehead atoms. The summed E-state index contributed by atoms with van der Waals surface area (Å²) in [4.78, 5) is 17.3. The number of hydrogen-bond acceptors (Lipinski definition) is 4. The predicted molar refractivity (Wildman–Crippen MR) is 111 cm³/mol. The van der Waals surface area contributed by atoms with Crippen molar-refractivity contribution in [1.82, 2.24) is 5.32 Å². The lowest BCUT2D eigenvalue weighted by molar-refractivity contribution is 0.0975. The quantitative estimate of drug-likeness (QED) is 0.592. The van der Waals surface area contributed by atoms with Gasteiger partial charge in [0.15, 0.2) is 0 Å².